The number of aliphatic imine (C=N–C) groups is 1. The van der Waals surface area contributed by atoms with Crippen LogP contribution in [0.25, 0.3) is 0 Å². The van der Waals surface area contributed by atoms with Gasteiger partial charge in [-0.05, 0) is 30.5 Å². The molecule has 0 aliphatic carbocycles. The Labute approximate surface area is 136 Å². The van der Waals surface area contributed by atoms with Gasteiger partial charge in [0.1, 0.15) is 5.84 Å². The fraction of sp³-hybridized carbons (Fsp3) is 0.263. The quantitative estimate of drug-likeness (QED) is 0.918. The third-order valence-corrected chi connectivity index (χ3v) is 3.92. The Morgan fingerprint density at radius 3 is 2.43 bits per heavy atom. The molecule has 0 spiro atoms. The summed E-state index contributed by atoms with van der Waals surface area (Å²) in [6.07, 6.45) is 3.09. The summed E-state index contributed by atoms with van der Waals surface area (Å²) in [6.45, 7) is 1.75. The maximum absolute atomic E-state index is 12.2. The highest BCUT2D eigenvalue weighted by Gasteiger charge is 2.18. The highest BCUT2D eigenvalue weighted by molar-refractivity contribution is 6.00. The number of likely N-dealkylation sites (tertiary alicyclic amines) is 1. The van der Waals surface area contributed by atoms with Crippen molar-refractivity contribution in [3.8, 4) is 0 Å². The molecule has 0 bridgehead atoms. The van der Waals surface area contributed by atoms with Crippen LogP contribution in [-0.2, 0) is 6.54 Å². The zero-order valence-corrected chi connectivity index (χ0v) is 13.1. The van der Waals surface area contributed by atoms with E-state index < -0.39 is 0 Å². The molecule has 2 aromatic rings. The molecule has 2 amide bonds. The minimum atomic E-state index is -0.300. The summed E-state index contributed by atoms with van der Waals surface area (Å²) >= 11 is 0. The van der Waals surface area contributed by atoms with E-state index in [1.165, 1.54) is 5.56 Å². The lowest BCUT2D eigenvalue weighted by atomic mass is 10.1. The fourth-order valence-electron chi connectivity index (χ4n) is 2.76. The highest BCUT2D eigenvalue weighted by atomic mass is 16.2. The van der Waals surface area contributed by atoms with Gasteiger partial charge in [-0.25, -0.2) is 4.79 Å². The van der Waals surface area contributed by atoms with Crippen molar-refractivity contribution in [1.29, 1.82) is 0 Å². The van der Waals surface area contributed by atoms with Crippen molar-refractivity contribution in [3.05, 3.63) is 66.2 Å². The lowest BCUT2D eigenvalue weighted by Crippen LogP contribution is -2.35. The second kappa shape index (κ2) is 7.58. The number of nitrogens with zero attached hydrogens (tertiary/aromatic N) is 2. The van der Waals surface area contributed by atoms with Crippen molar-refractivity contribution < 1.29 is 4.79 Å². The molecule has 4 heteroatoms. The molecule has 0 saturated carbocycles. The zero-order chi connectivity index (χ0) is 15.9. The fourth-order valence-corrected chi connectivity index (χ4v) is 2.76. The summed E-state index contributed by atoms with van der Waals surface area (Å²) in [5, 5.41) is 2.82. The number of carbonyl (C=O) groups is 1. The van der Waals surface area contributed by atoms with Crippen LogP contribution in [-0.4, -0.2) is 23.3 Å². The standard InChI is InChI=1S/C19H21N3O/c23-19(20-17-11-5-2-6-12-17)21-18-13-7-8-14-22(18)15-16-9-3-1-4-10-16/h1-6,9-12H,7-8,13-15H2,(H,20,23). The molecule has 1 aliphatic heterocycles. The summed E-state index contributed by atoms with van der Waals surface area (Å²) in [6, 6.07) is 19.4. The molecular weight excluding hydrogens is 286 g/mol. The van der Waals surface area contributed by atoms with Crippen LogP contribution in [0.5, 0.6) is 0 Å². The maximum atomic E-state index is 12.2. The van der Waals surface area contributed by atoms with Crippen LogP contribution in [0.1, 0.15) is 24.8 Å². The van der Waals surface area contributed by atoms with Crippen molar-refractivity contribution in [1.82, 2.24) is 4.90 Å². The van der Waals surface area contributed by atoms with Gasteiger partial charge in [0.25, 0.3) is 0 Å². The molecule has 0 unspecified atom stereocenters. The molecule has 1 aliphatic rings. The van der Waals surface area contributed by atoms with Gasteiger partial charge in [0.05, 0.1) is 0 Å². The van der Waals surface area contributed by atoms with Crippen molar-refractivity contribution in [3.63, 3.8) is 0 Å². The van der Waals surface area contributed by atoms with Crippen LogP contribution in [0.2, 0.25) is 0 Å². The maximum Gasteiger partial charge on any atom is 0.347 e. The Balaban J connectivity index is 1.69. The van der Waals surface area contributed by atoms with E-state index in [4.69, 9.17) is 0 Å². The van der Waals surface area contributed by atoms with E-state index in [-0.39, 0.29) is 6.03 Å². The van der Waals surface area contributed by atoms with Crippen LogP contribution >= 0.6 is 0 Å². The van der Waals surface area contributed by atoms with E-state index >= 15 is 0 Å². The Morgan fingerprint density at radius 1 is 1.00 bits per heavy atom. The lowest BCUT2D eigenvalue weighted by Gasteiger charge is -2.30. The van der Waals surface area contributed by atoms with Crippen molar-refractivity contribution in [2.45, 2.75) is 25.8 Å². The molecule has 1 saturated heterocycles. The number of hydrogen-bond acceptors (Lipinski definition) is 1. The minimum Gasteiger partial charge on any atom is -0.356 e. The predicted molar refractivity (Wildman–Crippen MR) is 93.6 cm³/mol. The van der Waals surface area contributed by atoms with E-state index in [1.807, 2.05) is 48.5 Å². The number of amides is 2. The molecule has 0 aromatic heterocycles. The van der Waals surface area contributed by atoms with Gasteiger partial charge in [-0.2, -0.15) is 4.99 Å². The minimum absolute atomic E-state index is 0.300. The molecule has 1 N–H and O–H groups in total. The Bertz CT molecular complexity index is 668. The van der Waals surface area contributed by atoms with Crippen LogP contribution < -0.4 is 5.32 Å². The summed E-state index contributed by atoms with van der Waals surface area (Å²) in [4.78, 5) is 18.7. The zero-order valence-electron chi connectivity index (χ0n) is 13.1. The first-order valence-electron chi connectivity index (χ1n) is 8.04. The molecular formula is C19H21N3O. The average molecular weight is 307 g/mol. The van der Waals surface area contributed by atoms with Crippen LogP contribution in [0.15, 0.2) is 65.7 Å². The number of benzene rings is 2. The summed E-state index contributed by atoms with van der Waals surface area (Å²) in [5.41, 5.74) is 2.01. The molecule has 2 aromatic carbocycles. The number of anilines is 1. The number of urea groups is 1. The normalized spacial score (nSPS) is 16.3. The topological polar surface area (TPSA) is 44.7 Å². The number of carbonyl (C=O) groups excluding carboxylic acids is 1. The second-order valence-electron chi connectivity index (χ2n) is 5.69. The van der Waals surface area contributed by atoms with Gasteiger partial charge < -0.3 is 10.2 Å². The van der Waals surface area contributed by atoms with Crippen molar-refractivity contribution >= 4 is 17.6 Å². The third kappa shape index (κ3) is 4.42. The van der Waals surface area contributed by atoms with E-state index in [9.17, 15) is 4.79 Å². The van der Waals surface area contributed by atoms with E-state index in [1.54, 1.807) is 0 Å². The molecule has 0 radical (unpaired) electrons. The Hall–Kier alpha value is -2.62. The smallest absolute Gasteiger partial charge is 0.347 e. The third-order valence-electron chi connectivity index (χ3n) is 3.92. The molecule has 3 rings (SSSR count). The van der Waals surface area contributed by atoms with Crippen LogP contribution in [0.4, 0.5) is 10.5 Å². The molecule has 118 valence electrons. The number of piperidine rings is 1. The van der Waals surface area contributed by atoms with E-state index in [0.29, 0.717) is 0 Å². The SMILES string of the molecule is O=C(N=C1CCCCN1Cc1ccccc1)Nc1ccccc1. The number of rotatable bonds is 3. The van der Waals surface area contributed by atoms with Gasteiger partial charge >= 0.3 is 6.03 Å². The number of amidine groups is 1. The number of hydrogen-bond donors (Lipinski definition) is 1. The van der Waals surface area contributed by atoms with Gasteiger partial charge in [-0.15, -0.1) is 0 Å². The average Bonchev–Trinajstić information content (AvgIpc) is 2.58. The van der Waals surface area contributed by atoms with Gasteiger partial charge in [0.15, 0.2) is 0 Å². The van der Waals surface area contributed by atoms with Gasteiger partial charge in [-0.3, -0.25) is 0 Å². The predicted octanol–water partition coefficient (Wildman–Crippen LogP) is 4.30. The molecule has 23 heavy (non-hydrogen) atoms. The molecule has 0 atom stereocenters. The molecule has 1 heterocycles. The van der Waals surface area contributed by atoms with Crippen LogP contribution in [0.3, 0.4) is 0 Å². The molecule has 1 fully saturated rings. The van der Waals surface area contributed by atoms with Gasteiger partial charge in [-0.1, -0.05) is 48.5 Å². The van der Waals surface area contributed by atoms with Crippen LogP contribution in [0, 0.1) is 0 Å². The Morgan fingerprint density at radius 2 is 1.70 bits per heavy atom. The first kappa shape index (κ1) is 15.3. The number of para-hydroxylation sites is 1. The lowest BCUT2D eigenvalue weighted by molar-refractivity contribution is 0.258. The van der Waals surface area contributed by atoms with E-state index in [2.05, 4.69) is 27.3 Å². The molecule has 4 nitrogen and oxygen atoms in total. The largest absolute Gasteiger partial charge is 0.356 e. The monoisotopic (exact) mass is 307 g/mol. The summed E-state index contributed by atoms with van der Waals surface area (Å²) < 4.78 is 0. The second-order valence-corrected chi connectivity index (χ2v) is 5.69. The summed E-state index contributed by atoms with van der Waals surface area (Å²) in [5.74, 6) is 0.883. The summed E-state index contributed by atoms with van der Waals surface area (Å²) in [7, 11) is 0. The van der Waals surface area contributed by atoms with E-state index in [0.717, 1.165) is 43.9 Å². The Kier molecular flexibility index (Phi) is 5.04. The first-order valence-corrected chi connectivity index (χ1v) is 8.04. The first-order chi connectivity index (χ1) is 11.3. The van der Waals surface area contributed by atoms with Crippen molar-refractivity contribution in [2.75, 3.05) is 11.9 Å². The van der Waals surface area contributed by atoms with Crippen molar-refractivity contribution in [2.24, 2.45) is 4.99 Å². The highest BCUT2D eigenvalue weighted by Crippen LogP contribution is 2.16. The number of nitrogens with one attached hydrogen (secondary N) is 1. The van der Waals surface area contributed by atoms with Gasteiger partial charge in [0.2, 0.25) is 0 Å². The van der Waals surface area contributed by atoms with Gasteiger partial charge in [0, 0.05) is 25.2 Å².